The first-order valence-electron chi connectivity index (χ1n) is 2.75. The molecule has 1 N–H and O–H groups in total. The topological polar surface area (TPSA) is 79.1 Å². The van der Waals surface area contributed by atoms with Crippen molar-refractivity contribution in [3.63, 3.8) is 0 Å². The van der Waals surface area contributed by atoms with Gasteiger partial charge in [0, 0.05) is 6.08 Å². The molecule has 0 aliphatic carbocycles. The standard InChI is InChI=1S/C3H2N2O.C2HF3O2/c6-3-1-2-4-5-3;3-2(4,5)1(6)7/h1-2H;(H,6,7). The molecule has 0 radical (unpaired) electrons. The monoisotopic (exact) mass is 196 g/mol. The van der Waals surface area contributed by atoms with Gasteiger partial charge in [0.15, 0.2) is 0 Å². The van der Waals surface area contributed by atoms with Gasteiger partial charge in [-0.15, -0.1) is 5.11 Å². The molecule has 0 aromatic carbocycles. The van der Waals surface area contributed by atoms with Gasteiger partial charge in [0.05, 0.1) is 6.20 Å². The van der Waals surface area contributed by atoms with E-state index in [1.807, 2.05) is 0 Å². The molecule has 0 saturated carbocycles. The van der Waals surface area contributed by atoms with Crippen LogP contribution in [0.2, 0.25) is 0 Å². The molecule has 0 atom stereocenters. The summed E-state index contributed by atoms with van der Waals surface area (Å²) in [6, 6.07) is 0. The minimum atomic E-state index is -5.08. The number of halogens is 3. The first-order valence-corrected chi connectivity index (χ1v) is 2.75. The van der Waals surface area contributed by atoms with Gasteiger partial charge in [0.2, 0.25) is 0 Å². The van der Waals surface area contributed by atoms with Crippen LogP contribution in [0.1, 0.15) is 0 Å². The third kappa shape index (κ3) is 5.53. The first-order chi connectivity index (χ1) is 5.84. The third-order valence-electron chi connectivity index (χ3n) is 0.683. The van der Waals surface area contributed by atoms with E-state index in [1.54, 1.807) is 0 Å². The van der Waals surface area contributed by atoms with Crippen molar-refractivity contribution in [2.24, 2.45) is 10.2 Å². The summed E-state index contributed by atoms with van der Waals surface area (Å²) in [4.78, 5) is 18.8. The van der Waals surface area contributed by atoms with Gasteiger partial charge in [-0.1, -0.05) is 0 Å². The van der Waals surface area contributed by atoms with E-state index in [1.165, 1.54) is 12.3 Å². The van der Waals surface area contributed by atoms with Crippen LogP contribution in [0.5, 0.6) is 0 Å². The summed E-state index contributed by atoms with van der Waals surface area (Å²) in [5, 5.41) is 13.5. The maximum Gasteiger partial charge on any atom is 0.490 e. The van der Waals surface area contributed by atoms with E-state index >= 15 is 0 Å². The van der Waals surface area contributed by atoms with E-state index in [9.17, 15) is 18.0 Å². The summed E-state index contributed by atoms with van der Waals surface area (Å²) in [6.07, 6.45) is -2.41. The molecule has 0 unspecified atom stereocenters. The Balaban J connectivity index is 0.000000223. The highest BCUT2D eigenvalue weighted by Gasteiger charge is 2.38. The van der Waals surface area contributed by atoms with Crippen molar-refractivity contribution < 1.29 is 27.9 Å². The largest absolute Gasteiger partial charge is 0.490 e. The summed E-state index contributed by atoms with van der Waals surface area (Å²) in [7, 11) is 0. The van der Waals surface area contributed by atoms with Gasteiger partial charge in [-0.2, -0.15) is 18.3 Å². The van der Waals surface area contributed by atoms with E-state index in [-0.39, 0.29) is 5.91 Å². The normalized spacial score (nSPS) is 13.9. The van der Waals surface area contributed by atoms with Crippen LogP contribution in [0.4, 0.5) is 13.2 Å². The number of hydrogen-bond acceptors (Lipinski definition) is 3. The highest BCUT2D eigenvalue weighted by Crippen LogP contribution is 2.13. The second kappa shape index (κ2) is 4.33. The summed E-state index contributed by atoms with van der Waals surface area (Å²) in [6.45, 7) is 0. The number of carbonyl (C=O) groups is 2. The van der Waals surface area contributed by atoms with Crippen molar-refractivity contribution in [1.29, 1.82) is 0 Å². The van der Waals surface area contributed by atoms with Crippen LogP contribution >= 0.6 is 0 Å². The predicted octanol–water partition coefficient (Wildman–Crippen LogP) is 1.13. The highest BCUT2D eigenvalue weighted by molar-refractivity contribution is 5.89. The molecule has 0 aromatic rings. The molecule has 8 heteroatoms. The lowest BCUT2D eigenvalue weighted by atomic mass is 10.6. The van der Waals surface area contributed by atoms with Crippen molar-refractivity contribution in [3.05, 3.63) is 12.3 Å². The summed E-state index contributed by atoms with van der Waals surface area (Å²) in [5.41, 5.74) is 0. The third-order valence-corrected chi connectivity index (χ3v) is 0.683. The minimum Gasteiger partial charge on any atom is -0.475 e. The van der Waals surface area contributed by atoms with E-state index in [0.29, 0.717) is 0 Å². The number of hydrogen-bond donors (Lipinski definition) is 1. The molecule has 0 spiro atoms. The maximum atomic E-state index is 10.6. The number of alkyl halides is 3. The summed E-state index contributed by atoms with van der Waals surface area (Å²) < 4.78 is 31.7. The molecule has 1 aliphatic rings. The predicted molar refractivity (Wildman–Crippen MR) is 32.7 cm³/mol. The molecular weight excluding hydrogens is 193 g/mol. The molecule has 0 fully saturated rings. The SMILES string of the molecule is O=C(O)C(F)(F)F.O=C1C=CN=N1. The Labute approximate surface area is 69.6 Å². The maximum absolute atomic E-state index is 10.6. The fourth-order valence-electron chi connectivity index (χ4n) is 0.221. The Bertz CT molecular complexity index is 255. The minimum absolute atomic E-state index is 0.269. The Morgan fingerprint density at radius 2 is 1.92 bits per heavy atom. The Morgan fingerprint density at radius 1 is 1.46 bits per heavy atom. The number of nitrogens with zero attached hydrogens (tertiary/aromatic N) is 2. The molecule has 5 nitrogen and oxygen atoms in total. The fraction of sp³-hybridized carbons (Fsp3) is 0.200. The molecule has 13 heavy (non-hydrogen) atoms. The lowest BCUT2D eigenvalue weighted by Gasteiger charge is -1.93. The number of rotatable bonds is 0. The highest BCUT2D eigenvalue weighted by atomic mass is 19.4. The van der Waals surface area contributed by atoms with Crippen molar-refractivity contribution >= 4 is 11.9 Å². The molecule has 72 valence electrons. The lowest BCUT2D eigenvalue weighted by Crippen LogP contribution is -2.21. The molecule has 1 aliphatic heterocycles. The van der Waals surface area contributed by atoms with E-state index in [0.717, 1.165) is 0 Å². The van der Waals surface area contributed by atoms with Crippen LogP contribution in [0.3, 0.4) is 0 Å². The molecule has 0 aromatic heterocycles. The van der Waals surface area contributed by atoms with Gasteiger partial charge >= 0.3 is 12.1 Å². The quantitative estimate of drug-likeness (QED) is 0.630. The first kappa shape index (κ1) is 11.3. The number of azo groups is 1. The van der Waals surface area contributed by atoms with Crippen molar-refractivity contribution in [1.82, 2.24) is 0 Å². The number of aliphatic carboxylic acids is 1. The number of carbonyl (C=O) groups excluding carboxylic acids is 1. The zero-order chi connectivity index (χ0) is 10.5. The number of carboxylic acids is 1. The van der Waals surface area contributed by atoms with Gasteiger partial charge in [-0.3, -0.25) is 4.79 Å². The summed E-state index contributed by atoms with van der Waals surface area (Å²) >= 11 is 0. The smallest absolute Gasteiger partial charge is 0.475 e. The Hall–Kier alpha value is -1.73. The van der Waals surface area contributed by atoms with E-state index in [4.69, 9.17) is 9.90 Å². The van der Waals surface area contributed by atoms with Gasteiger partial charge in [-0.05, 0) is 0 Å². The number of carboxylic acid groups (broad SMARTS) is 1. The van der Waals surface area contributed by atoms with Gasteiger partial charge in [-0.25, -0.2) is 4.79 Å². The number of amides is 1. The van der Waals surface area contributed by atoms with Gasteiger partial charge < -0.3 is 5.11 Å². The van der Waals surface area contributed by atoms with Crippen molar-refractivity contribution in [2.45, 2.75) is 6.18 Å². The zero-order valence-corrected chi connectivity index (χ0v) is 5.95. The fourth-order valence-corrected chi connectivity index (χ4v) is 0.221. The van der Waals surface area contributed by atoms with Gasteiger partial charge in [0.1, 0.15) is 0 Å². The van der Waals surface area contributed by atoms with Crippen LogP contribution in [-0.2, 0) is 9.59 Å². The lowest BCUT2D eigenvalue weighted by molar-refractivity contribution is -0.192. The molecule has 1 amide bonds. The van der Waals surface area contributed by atoms with Crippen molar-refractivity contribution in [3.8, 4) is 0 Å². The molecule has 0 bridgehead atoms. The second-order valence-corrected chi connectivity index (χ2v) is 1.67. The molecule has 1 rings (SSSR count). The summed E-state index contributed by atoms with van der Waals surface area (Å²) in [5.74, 6) is -3.03. The van der Waals surface area contributed by atoms with Crippen LogP contribution < -0.4 is 0 Å². The Morgan fingerprint density at radius 3 is 2.00 bits per heavy atom. The molecular formula is C5H3F3N2O3. The second-order valence-electron chi connectivity index (χ2n) is 1.67. The average molecular weight is 196 g/mol. The van der Waals surface area contributed by atoms with Crippen LogP contribution in [0.15, 0.2) is 22.5 Å². The zero-order valence-electron chi connectivity index (χ0n) is 5.95. The van der Waals surface area contributed by atoms with Crippen LogP contribution in [-0.4, -0.2) is 23.2 Å². The van der Waals surface area contributed by atoms with E-state index in [2.05, 4.69) is 10.2 Å². The van der Waals surface area contributed by atoms with Gasteiger partial charge in [0.25, 0.3) is 5.91 Å². The van der Waals surface area contributed by atoms with E-state index < -0.39 is 12.1 Å². The molecule has 0 saturated heterocycles. The van der Waals surface area contributed by atoms with Crippen molar-refractivity contribution in [2.75, 3.05) is 0 Å². The van der Waals surface area contributed by atoms with Crippen LogP contribution in [0, 0.1) is 0 Å². The molecule has 1 heterocycles. The Kier molecular flexibility index (Phi) is 3.76. The van der Waals surface area contributed by atoms with Crippen LogP contribution in [0.25, 0.3) is 0 Å². The average Bonchev–Trinajstić information content (AvgIpc) is 2.38.